The predicted octanol–water partition coefficient (Wildman–Crippen LogP) is 6.13. The first-order chi connectivity index (χ1) is 11.1. The first-order valence-corrected chi connectivity index (χ1v) is 8.57. The Hall–Kier alpha value is -1.87. The van der Waals surface area contributed by atoms with Gasteiger partial charge in [-0.15, -0.1) is 0 Å². The molecule has 0 aliphatic heterocycles. The van der Waals surface area contributed by atoms with Gasteiger partial charge in [-0.3, -0.25) is 4.79 Å². The second-order valence-electron chi connectivity index (χ2n) is 5.15. The SMILES string of the molecule is Brc1ccc(/C=C/c2ccccc2)cc1.CCC(CC)C(=O)O. The molecule has 0 radical (unpaired) electrons. The van der Waals surface area contributed by atoms with Crippen molar-refractivity contribution in [1.82, 2.24) is 0 Å². The zero-order valence-electron chi connectivity index (χ0n) is 13.6. The lowest BCUT2D eigenvalue weighted by Crippen LogP contribution is -2.10. The second kappa shape index (κ2) is 10.8. The Balaban J connectivity index is 0.000000284. The molecule has 0 bridgehead atoms. The van der Waals surface area contributed by atoms with Gasteiger partial charge in [0.15, 0.2) is 0 Å². The predicted molar refractivity (Wildman–Crippen MR) is 101 cm³/mol. The fourth-order valence-electron chi connectivity index (χ4n) is 1.97. The minimum absolute atomic E-state index is 0.130. The fraction of sp³-hybridized carbons (Fsp3) is 0.250. The first kappa shape index (κ1) is 19.2. The van der Waals surface area contributed by atoms with E-state index in [1.165, 1.54) is 11.1 Å². The molecular weight excluding hydrogens is 352 g/mol. The van der Waals surface area contributed by atoms with Crippen LogP contribution in [0.25, 0.3) is 12.2 Å². The largest absolute Gasteiger partial charge is 0.481 e. The topological polar surface area (TPSA) is 37.3 Å². The van der Waals surface area contributed by atoms with E-state index in [1.807, 2.05) is 44.2 Å². The molecule has 2 aromatic rings. The van der Waals surface area contributed by atoms with E-state index < -0.39 is 5.97 Å². The van der Waals surface area contributed by atoms with Crippen LogP contribution in [0.1, 0.15) is 37.8 Å². The maximum absolute atomic E-state index is 10.2. The van der Waals surface area contributed by atoms with Gasteiger partial charge in [0.1, 0.15) is 0 Å². The molecule has 0 atom stereocenters. The van der Waals surface area contributed by atoms with Crippen LogP contribution in [0.2, 0.25) is 0 Å². The van der Waals surface area contributed by atoms with Gasteiger partial charge in [0, 0.05) is 4.47 Å². The Bertz CT molecular complexity index is 599. The van der Waals surface area contributed by atoms with Crippen LogP contribution in [0.5, 0.6) is 0 Å². The highest BCUT2D eigenvalue weighted by Gasteiger charge is 2.10. The molecule has 0 aromatic heterocycles. The van der Waals surface area contributed by atoms with Gasteiger partial charge in [-0.1, -0.05) is 84.4 Å². The van der Waals surface area contributed by atoms with Crippen LogP contribution in [0.4, 0.5) is 0 Å². The van der Waals surface area contributed by atoms with Crippen LogP contribution in [0.15, 0.2) is 59.1 Å². The maximum Gasteiger partial charge on any atom is 0.306 e. The number of hydrogen-bond donors (Lipinski definition) is 1. The summed E-state index contributed by atoms with van der Waals surface area (Å²) in [7, 11) is 0. The first-order valence-electron chi connectivity index (χ1n) is 7.78. The van der Waals surface area contributed by atoms with E-state index in [-0.39, 0.29) is 5.92 Å². The van der Waals surface area contributed by atoms with Gasteiger partial charge in [0.25, 0.3) is 0 Å². The van der Waals surface area contributed by atoms with Crippen molar-refractivity contribution in [2.75, 3.05) is 0 Å². The monoisotopic (exact) mass is 374 g/mol. The van der Waals surface area contributed by atoms with Gasteiger partial charge in [0.05, 0.1) is 5.92 Å². The lowest BCUT2D eigenvalue weighted by atomic mass is 10.1. The number of carboxylic acid groups (broad SMARTS) is 1. The number of benzene rings is 2. The minimum atomic E-state index is -0.671. The van der Waals surface area contributed by atoms with E-state index in [0.29, 0.717) is 0 Å². The summed E-state index contributed by atoms with van der Waals surface area (Å²) < 4.78 is 1.11. The average molecular weight is 375 g/mol. The van der Waals surface area contributed by atoms with E-state index >= 15 is 0 Å². The van der Waals surface area contributed by atoms with Crippen molar-refractivity contribution in [3.8, 4) is 0 Å². The Morgan fingerprint density at radius 3 is 1.83 bits per heavy atom. The number of halogens is 1. The third-order valence-corrected chi connectivity index (χ3v) is 4.00. The minimum Gasteiger partial charge on any atom is -0.481 e. The highest BCUT2D eigenvalue weighted by Crippen LogP contribution is 2.13. The molecule has 0 aliphatic rings. The Labute approximate surface area is 147 Å². The van der Waals surface area contributed by atoms with Crippen molar-refractivity contribution < 1.29 is 9.90 Å². The lowest BCUT2D eigenvalue weighted by molar-refractivity contribution is -0.141. The highest BCUT2D eigenvalue weighted by molar-refractivity contribution is 9.10. The summed E-state index contributed by atoms with van der Waals surface area (Å²) in [6.45, 7) is 3.78. The Morgan fingerprint density at radius 2 is 1.43 bits per heavy atom. The molecule has 0 amide bonds. The van der Waals surface area contributed by atoms with Crippen molar-refractivity contribution in [3.63, 3.8) is 0 Å². The molecule has 0 unspecified atom stereocenters. The third-order valence-electron chi connectivity index (χ3n) is 3.47. The lowest BCUT2D eigenvalue weighted by Gasteiger charge is -2.02. The molecule has 0 fully saturated rings. The number of carbonyl (C=O) groups is 1. The van der Waals surface area contributed by atoms with Crippen LogP contribution in [0.3, 0.4) is 0 Å². The van der Waals surface area contributed by atoms with Crippen LogP contribution in [0, 0.1) is 5.92 Å². The van der Waals surface area contributed by atoms with E-state index in [4.69, 9.17) is 5.11 Å². The molecule has 0 saturated heterocycles. The molecule has 0 heterocycles. The summed E-state index contributed by atoms with van der Waals surface area (Å²) in [5, 5.41) is 8.37. The Kier molecular flexibility index (Phi) is 9.00. The number of hydrogen-bond acceptors (Lipinski definition) is 1. The van der Waals surface area contributed by atoms with Crippen LogP contribution < -0.4 is 0 Å². The van der Waals surface area contributed by atoms with Gasteiger partial charge >= 0.3 is 5.97 Å². The van der Waals surface area contributed by atoms with Gasteiger partial charge in [-0.2, -0.15) is 0 Å². The quantitative estimate of drug-likeness (QED) is 0.639. The third kappa shape index (κ3) is 7.80. The van der Waals surface area contributed by atoms with Crippen molar-refractivity contribution >= 4 is 34.1 Å². The number of carboxylic acids is 1. The van der Waals surface area contributed by atoms with Crippen molar-refractivity contribution in [3.05, 3.63) is 70.2 Å². The molecule has 122 valence electrons. The number of aliphatic carboxylic acids is 1. The van der Waals surface area contributed by atoms with Crippen molar-refractivity contribution in [1.29, 1.82) is 0 Å². The molecule has 2 nitrogen and oxygen atoms in total. The van der Waals surface area contributed by atoms with E-state index in [9.17, 15) is 4.79 Å². The van der Waals surface area contributed by atoms with Gasteiger partial charge in [0.2, 0.25) is 0 Å². The zero-order valence-corrected chi connectivity index (χ0v) is 15.2. The van der Waals surface area contributed by atoms with E-state index in [2.05, 4.69) is 52.3 Å². The molecule has 0 aliphatic carbocycles. The zero-order chi connectivity index (χ0) is 17.1. The van der Waals surface area contributed by atoms with Crippen LogP contribution >= 0.6 is 15.9 Å². The molecule has 3 heteroatoms. The summed E-state index contributed by atoms with van der Waals surface area (Å²) in [6.07, 6.45) is 5.71. The summed E-state index contributed by atoms with van der Waals surface area (Å²) >= 11 is 3.42. The number of rotatable bonds is 5. The van der Waals surface area contributed by atoms with Gasteiger partial charge < -0.3 is 5.11 Å². The summed E-state index contributed by atoms with van der Waals surface area (Å²) in [5.41, 5.74) is 2.43. The van der Waals surface area contributed by atoms with E-state index in [0.717, 1.165) is 17.3 Å². The normalized spacial score (nSPS) is 10.4. The van der Waals surface area contributed by atoms with Crippen LogP contribution in [-0.4, -0.2) is 11.1 Å². The highest BCUT2D eigenvalue weighted by atomic mass is 79.9. The molecule has 2 aromatic carbocycles. The summed E-state index contributed by atoms with van der Waals surface area (Å²) in [6, 6.07) is 18.6. The van der Waals surface area contributed by atoms with Crippen LogP contribution in [-0.2, 0) is 4.79 Å². The fourth-order valence-corrected chi connectivity index (χ4v) is 2.23. The van der Waals surface area contributed by atoms with Crippen molar-refractivity contribution in [2.24, 2.45) is 5.92 Å². The summed E-state index contributed by atoms with van der Waals surface area (Å²) in [5.74, 6) is -0.801. The molecule has 0 saturated carbocycles. The molecular formula is C20H23BrO2. The molecule has 0 spiro atoms. The van der Waals surface area contributed by atoms with Gasteiger partial charge in [-0.05, 0) is 36.1 Å². The van der Waals surface area contributed by atoms with Gasteiger partial charge in [-0.25, -0.2) is 0 Å². The second-order valence-corrected chi connectivity index (χ2v) is 6.06. The molecule has 23 heavy (non-hydrogen) atoms. The van der Waals surface area contributed by atoms with Crippen molar-refractivity contribution in [2.45, 2.75) is 26.7 Å². The standard InChI is InChI=1S/C14H11Br.C6H12O2/c15-14-10-8-13(9-11-14)7-6-12-4-2-1-3-5-12;1-3-5(4-2)6(7)8/h1-11H;5H,3-4H2,1-2H3,(H,7,8)/b7-6+;. The summed E-state index contributed by atoms with van der Waals surface area (Å²) in [4.78, 5) is 10.2. The van der Waals surface area contributed by atoms with E-state index in [1.54, 1.807) is 0 Å². The Morgan fingerprint density at radius 1 is 0.957 bits per heavy atom. The molecule has 2 rings (SSSR count). The average Bonchev–Trinajstić information content (AvgIpc) is 2.57. The smallest absolute Gasteiger partial charge is 0.306 e. The maximum atomic E-state index is 10.2. The molecule has 1 N–H and O–H groups in total.